The third kappa shape index (κ3) is 2.43. The second kappa shape index (κ2) is 4.15. The van der Waals surface area contributed by atoms with E-state index in [9.17, 15) is 9.59 Å². The molecule has 1 heterocycles. The maximum absolute atomic E-state index is 11.8. The Morgan fingerprint density at radius 2 is 1.94 bits per heavy atom. The molecule has 1 rings (SSSR count). The second-order valence-corrected chi connectivity index (χ2v) is 4.84. The van der Waals surface area contributed by atoms with E-state index in [1.165, 1.54) is 6.33 Å². The van der Waals surface area contributed by atoms with Crippen LogP contribution < -0.4 is 5.32 Å². The standard InChI is InChI=1S/C10H16N4O3/c1-9(2,8(16)17)10(3,4)13-7(15)6-11-5-12-14-6/h5H,1-4H3,(H,13,15)(H,16,17)(H,11,12,14). The zero-order valence-electron chi connectivity index (χ0n) is 10.2. The molecule has 1 aromatic heterocycles. The lowest BCUT2D eigenvalue weighted by Crippen LogP contribution is -2.57. The minimum Gasteiger partial charge on any atom is -0.481 e. The van der Waals surface area contributed by atoms with Crippen molar-refractivity contribution in [1.82, 2.24) is 20.5 Å². The number of carbonyl (C=O) groups is 2. The Hall–Kier alpha value is -1.92. The lowest BCUT2D eigenvalue weighted by atomic mass is 9.74. The number of hydrogen-bond acceptors (Lipinski definition) is 4. The average molecular weight is 240 g/mol. The van der Waals surface area contributed by atoms with E-state index < -0.39 is 22.8 Å². The Morgan fingerprint density at radius 3 is 2.35 bits per heavy atom. The normalized spacial score (nSPS) is 12.2. The summed E-state index contributed by atoms with van der Waals surface area (Å²) in [6.07, 6.45) is 1.21. The summed E-state index contributed by atoms with van der Waals surface area (Å²) in [5.74, 6) is -1.42. The van der Waals surface area contributed by atoms with Gasteiger partial charge in [-0.1, -0.05) is 0 Å². The van der Waals surface area contributed by atoms with Crippen molar-refractivity contribution in [3.8, 4) is 0 Å². The number of aromatic nitrogens is 3. The first kappa shape index (κ1) is 13.1. The van der Waals surface area contributed by atoms with Gasteiger partial charge in [-0.2, -0.15) is 5.10 Å². The van der Waals surface area contributed by atoms with Crippen molar-refractivity contribution in [2.45, 2.75) is 33.2 Å². The van der Waals surface area contributed by atoms with Gasteiger partial charge in [-0.3, -0.25) is 14.7 Å². The molecule has 0 spiro atoms. The van der Waals surface area contributed by atoms with Crippen molar-refractivity contribution < 1.29 is 14.7 Å². The number of nitrogens with one attached hydrogen (secondary N) is 2. The molecule has 0 fully saturated rings. The molecular formula is C10H16N4O3. The SMILES string of the molecule is CC(C)(NC(=O)c1ncn[nH]1)C(C)(C)C(=O)O. The summed E-state index contributed by atoms with van der Waals surface area (Å²) in [4.78, 5) is 26.6. The fraction of sp³-hybridized carbons (Fsp3) is 0.600. The fourth-order valence-electron chi connectivity index (χ4n) is 1.08. The number of aromatic amines is 1. The van der Waals surface area contributed by atoms with Crippen molar-refractivity contribution in [2.24, 2.45) is 5.41 Å². The fourth-order valence-corrected chi connectivity index (χ4v) is 1.08. The maximum atomic E-state index is 11.8. The van der Waals surface area contributed by atoms with Crippen LogP contribution in [-0.4, -0.2) is 37.7 Å². The number of aliphatic carboxylic acids is 1. The van der Waals surface area contributed by atoms with Gasteiger partial charge in [-0.25, -0.2) is 4.98 Å². The number of carboxylic acid groups (broad SMARTS) is 1. The number of nitrogens with zero attached hydrogens (tertiary/aromatic N) is 2. The van der Waals surface area contributed by atoms with Crippen molar-refractivity contribution in [3.63, 3.8) is 0 Å². The Balaban J connectivity index is 2.87. The van der Waals surface area contributed by atoms with Crippen molar-refractivity contribution in [3.05, 3.63) is 12.2 Å². The number of carboxylic acids is 1. The van der Waals surface area contributed by atoms with Crippen LogP contribution in [0.4, 0.5) is 0 Å². The first-order valence-corrected chi connectivity index (χ1v) is 5.10. The van der Waals surface area contributed by atoms with Crippen molar-refractivity contribution in [1.29, 1.82) is 0 Å². The monoisotopic (exact) mass is 240 g/mol. The zero-order valence-corrected chi connectivity index (χ0v) is 10.2. The van der Waals surface area contributed by atoms with Crippen molar-refractivity contribution >= 4 is 11.9 Å². The summed E-state index contributed by atoms with van der Waals surface area (Å²) in [7, 11) is 0. The van der Waals surface area contributed by atoms with E-state index in [2.05, 4.69) is 20.5 Å². The summed E-state index contributed by atoms with van der Waals surface area (Å²) < 4.78 is 0. The van der Waals surface area contributed by atoms with Gasteiger partial charge in [0.05, 0.1) is 11.0 Å². The molecule has 0 aliphatic carbocycles. The van der Waals surface area contributed by atoms with E-state index in [4.69, 9.17) is 5.11 Å². The molecule has 0 aliphatic heterocycles. The molecule has 0 aliphatic rings. The molecule has 0 unspecified atom stereocenters. The topological polar surface area (TPSA) is 108 Å². The quantitative estimate of drug-likeness (QED) is 0.707. The van der Waals surface area contributed by atoms with Gasteiger partial charge in [0.1, 0.15) is 6.33 Å². The number of amides is 1. The number of hydrogen-bond donors (Lipinski definition) is 3. The van der Waals surface area contributed by atoms with Gasteiger partial charge in [-0.05, 0) is 27.7 Å². The molecule has 94 valence electrons. The van der Waals surface area contributed by atoms with Gasteiger partial charge >= 0.3 is 5.97 Å². The predicted octanol–water partition coefficient (Wildman–Crippen LogP) is 0.424. The molecule has 17 heavy (non-hydrogen) atoms. The lowest BCUT2D eigenvalue weighted by Gasteiger charge is -2.38. The molecular weight excluding hydrogens is 224 g/mol. The Kier molecular flexibility index (Phi) is 3.21. The van der Waals surface area contributed by atoms with Gasteiger partial charge < -0.3 is 10.4 Å². The summed E-state index contributed by atoms with van der Waals surface area (Å²) in [6.45, 7) is 6.40. The number of carbonyl (C=O) groups excluding carboxylic acids is 1. The highest BCUT2D eigenvalue weighted by atomic mass is 16.4. The van der Waals surface area contributed by atoms with E-state index in [1.807, 2.05) is 0 Å². The van der Waals surface area contributed by atoms with Gasteiger partial charge in [0, 0.05) is 0 Å². The molecule has 0 saturated heterocycles. The molecule has 1 amide bonds. The molecule has 1 aromatic rings. The lowest BCUT2D eigenvalue weighted by molar-refractivity contribution is -0.150. The molecule has 0 saturated carbocycles. The molecule has 0 atom stereocenters. The smallest absolute Gasteiger partial charge is 0.311 e. The maximum Gasteiger partial charge on any atom is 0.311 e. The van der Waals surface area contributed by atoms with Crippen LogP contribution in [0.15, 0.2) is 6.33 Å². The van der Waals surface area contributed by atoms with Gasteiger partial charge in [-0.15, -0.1) is 0 Å². The molecule has 0 bridgehead atoms. The molecule has 0 radical (unpaired) electrons. The van der Waals surface area contributed by atoms with Gasteiger partial charge in [0.2, 0.25) is 5.82 Å². The summed E-state index contributed by atoms with van der Waals surface area (Å²) in [6, 6.07) is 0. The Morgan fingerprint density at radius 1 is 1.35 bits per heavy atom. The molecule has 7 heteroatoms. The van der Waals surface area contributed by atoms with E-state index in [0.29, 0.717) is 0 Å². The highest BCUT2D eigenvalue weighted by molar-refractivity contribution is 5.91. The van der Waals surface area contributed by atoms with Crippen LogP contribution in [0.25, 0.3) is 0 Å². The van der Waals surface area contributed by atoms with E-state index in [1.54, 1.807) is 27.7 Å². The van der Waals surface area contributed by atoms with Crippen LogP contribution in [0.1, 0.15) is 38.3 Å². The van der Waals surface area contributed by atoms with Crippen LogP contribution in [-0.2, 0) is 4.79 Å². The first-order valence-electron chi connectivity index (χ1n) is 5.10. The van der Waals surface area contributed by atoms with Crippen LogP contribution in [0.3, 0.4) is 0 Å². The van der Waals surface area contributed by atoms with E-state index in [0.717, 1.165) is 0 Å². The summed E-state index contributed by atoms with van der Waals surface area (Å²) >= 11 is 0. The first-order chi connectivity index (χ1) is 7.68. The van der Waals surface area contributed by atoms with Gasteiger partial charge in [0.15, 0.2) is 0 Å². The van der Waals surface area contributed by atoms with E-state index in [-0.39, 0.29) is 5.82 Å². The largest absolute Gasteiger partial charge is 0.481 e. The third-order valence-corrected chi connectivity index (χ3v) is 3.15. The second-order valence-electron chi connectivity index (χ2n) is 4.84. The van der Waals surface area contributed by atoms with Crippen LogP contribution in [0, 0.1) is 5.41 Å². The van der Waals surface area contributed by atoms with Crippen LogP contribution in [0.5, 0.6) is 0 Å². The Labute approximate surface area is 98.6 Å². The average Bonchev–Trinajstić information content (AvgIpc) is 2.68. The van der Waals surface area contributed by atoms with Gasteiger partial charge in [0.25, 0.3) is 5.91 Å². The van der Waals surface area contributed by atoms with E-state index >= 15 is 0 Å². The van der Waals surface area contributed by atoms with Crippen LogP contribution in [0.2, 0.25) is 0 Å². The molecule has 0 aromatic carbocycles. The molecule has 3 N–H and O–H groups in total. The highest BCUT2D eigenvalue weighted by Crippen LogP contribution is 2.30. The minimum atomic E-state index is -1.11. The van der Waals surface area contributed by atoms with Crippen molar-refractivity contribution in [2.75, 3.05) is 0 Å². The zero-order chi connectivity index (χ0) is 13.3. The van der Waals surface area contributed by atoms with Crippen LogP contribution >= 0.6 is 0 Å². The minimum absolute atomic E-state index is 0.0549. The predicted molar refractivity (Wildman–Crippen MR) is 59.3 cm³/mol. The summed E-state index contributed by atoms with van der Waals surface area (Å²) in [5, 5.41) is 17.7. The highest BCUT2D eigenvalue weighted by Gasteiger charge is 2.44. The molecule has 7 nitrogen and oxygen atoms in total. The number of H-pyrrole nitrogens is 1. The Bertz CT molecular complexity index is 423. The number of rotatable bonds is 4. The third-order valence-electron chi connectivity index (χ3n) is 3.15. The summed E-state index contributed by atoms with van der Waals surface area (Å²) in [5.41, 5.74) is -2.04.